The number of aromatic nitrogens is 4. The number of hydrogen-bond acceptors (Lipinski definition) is 8. The lowest BCUT2D eigenvalue weighted by Crippen LogP contribution is -2.23. The fraction of sp³-hybridized carbons (Fsp3) is 0.364. The number of aromatic amines is 1. The van der Waals surface area contributed by atoms with E-state index in [2.05, 4.69) is 25.9 Å². The number of tetrazole rings is 1. The van der Waals surface area contributed by atoms with Crippen molar-refractivity contribution >= 4 is 20.0 Å². The van der Waals surface area contributed by atoms with Gasteiger partial charge in [-0.05, 0) is 35.7 Å². The molecule has 13 heteroatoms. The van der Waals surface area contributed by atoms with Gasteiger partial charge in [0.2, 0.25) is 25.9 Å². The van der Waals surface area contributed by atoms with Crippen LogP contribution < -0.4 is 15.6 Å². The van der Waals surface area contributed by atoms with Gasteiger partial charge >= 0.3 is 0 Å². The number of hydrogen-bond donors (Lipinski definition) is 4. The van der Waals surface area contributed by atoms with Gasteiger partial charge in [-0.1, -0.05) is 6.07 Å². The van der Waals surface area contributed by atoms with Crippen molar-refractivity contribution in [1.29, 1.82) is 0 Å². The van der Waals surface area contributed by atoms with E-state index in [0.717, 1.165) is 19.0 Å². The summed E-state index contributed by atoms with van der Waals surface area (Å²) in [7, 11) is -8.76. The van der Waals surface area contributed by atoms with E-state index in [1.807, 2.05) is 0 Å². The number of rotatable bonds is 4. The fourth-order valence-corrected chi connectivity index (χ4v) is 5.00. The maximum atomic E-state index is 12.1. The molecule has 0 bridgehead atoms. The molecule has 1 aromatic heterocycles. The van der Waals surface area contributed by atoms with Crippen molar-refractivity contribution in [3.63, 3.8) is 0 Å². The van der Waals surface area contributed by atoms with Gasteiger partial charge in [0.1, 0.15) is 9.79 Å². The normalized spacial score (nSPS) is 18.8. The summed E-state index contributed by atoms with van der Waals surface area (Å²) >= 11 is 0. The molecular formula is C11H15N7O4S2. The van der Waals surface area contributed by atoms with Gasteiger partial charge in [-0.2, -0.15) is 5.21 Å². The van der Waals surface area contributed by atoms with Crippen LogP contribution in [0.2, 0.25) is 0 Å². The van der Waals surface area contributed by atoms with E-state index in [-0.39, 0.29) is 17.3 Å². The quantitative estimate of drug-likeness (QED) is 0.485. The zero-order valence-electron chi connectivity index (χ0n) is 12.3. The molecule has 0 spiro atoms. The van der Waals surface area contributed by atoms with Crippen molar-refractivity contribution in [2.24, 2.45) is 10.3 Å². The topological polar surface area (TPSA) is 187 Å². The van der Waals surface area contributed by atoms with Crippen LogP contribution in [0.25, 0.3) is 11.4 Å². The average Bonchev–Trinajstić information content (AvgIpc) is 3.17. The predicted octanol–water partition coefficient (Wildman–Crippen LogP) is -1.76. The molecule has 1 fully saturated rings. The Morgan fingerprint density at radius 1 is 1.12 bits per heavy atom. The third kappa shape index (κ3) is 3.03. The highest BCUT2D eigenvalue weighted by Crippen LogP contribution is 2.38. The molecule has 3 rings (SSSR count). The van der Waals surface area contributed by atoms with Gasteiger partial charge in [0.15, 0.2) is 0 Å². The summed E-state index contributed by atoms with van der Waals surface area (Å²) in [6.45, 7) is 1.35. The SMILES string of the molecule is NS(=O)(=O)c1ccc(C2CCNC2)c(-c2nn[nH]n2)c1S(N)(=O)=O. The second-order valence-electron chi connectivity index (χ2n) is 5.37. The molecule has 1 atom stereocenters. The molecule has 1 aromatic carbocycles. The van der Waals surface area contributed by atoms with Crippen molar-refractivity contribution in [1.82, 2.24) is 25.9 Å². The lowest BCUT2D eigenvalue weighted by Gasteiger charge is -2.18. The lowest BCUT2D eigenvalue weighted by atomic mass is 9.93. The van der Waals surface area contributed by atoms with E-state index in [9.17, 15) is 16.8 Å². The smallest absolute Gasteiger partial charge is 0.240 e. The minimum absolute atomic E-state index is 0.00600. The van der Waals surface area contributed by atoms with E-state index < -0.39 is 29.8 Å². The first-order valence-corrected chi connectivity index (χ1v) is 9.96. The molecule has 1 unspecified atom stereocenters. The number of benzene rings is 1. The van der Waals surface area contributed by atoms with Gasteiger partial charge < -0.3 is 5.32 Å². The van der Waals surface area contributed by atoms with Crippen LogP contribution in [0.5, 0.6) is 0 Å². The number of H-pyrrole nitrogens is 1. The van der Waals surface area contributed by atoms with Crippen LogP contribution >= 0.6 is 0 Å². The minimum Gasteiger partial charge on any atom is -0.316 e. The van der Waals surface area contributed by atoms with Crippen molar-refractivity contribution < 1.29 is 16.8 Å². The Kier molecular flexibility index (Phi) is 4.13. The molecule has 11 nitrogen and oxygen atoms in total. The van der Waals surface area contributed by atoms with Crippen LogP contribution in [0.3, 0.4) is 0 Å². The van der Waals surface area contributed by atoms with E-state index in [4.69, 9.17) is 10.3 Å². The molecule has 2 heterocycles. The third-order valence-electron chi connectivity index (χ3n) is 3.81. The standard InChI is InChI=1S/C11H15N7O4S2/c12-23(19,20)8-2-1-7(6-3-4-14-5-6)9(10(8)24(13,21)22)11-15-17-18-16-11/h1-2,6,14H,3-5H2,(H2,12,19,20)(H2,13,21,22)(H,15,16,17,18). The first kappa shape index (κ1) is 16.9. The summed E-state index contributed by atoms with van der Waals surface area (Å²) in [5, 5.41) is 26.8. The van der Waals surface area contributed by atoms with Crippen molar-refractivity contribution in [3.8, 4) is 11.4 Å². The van der Waals surface area contributed by atoms with Crippen molar-refractivity contribution in [2.75, 3.05) is 13.1 Å². The molecule has 24 heavy (non-hydrogen) atoms. The molecule has 1 saturated heterocycles. The molecule has 1 aliphatic rings. The zero-order chi connectivity index (χ0) is 17.5. The molecule has 0 radical (unpaired) electrons. The number of nitrogens with one attached hydrogen (secondary N) is 2. The number of nitrogens with zero attached hydrogens (tertiary/aromatic N) is 3. The second-order valence-corrected chi connectivity index (χ2v) is 8.40. The summed E-state index contributed by atoms with van der Waals surface area (Å²) in [5.41, 5.74) is 0.573. The largest absolute Gasteiger partial charge is 0.316 e. The van der Waals surface area contributed by atoms with Gasteiger partial charge in [0, 0.05) is 12.1 Å². The Morgan fingerprint density at radius 3 is 2.38 bits per heavy atom. The van der Waals surface area contributed by atoms with Gasteiger partial charge in [-0.3, -0.25) is 0 Å². The van der Waals surface area contributed by atoms with Crippen LogP contribution in [0, 0.1) is 0 Å². The maximum absolute atomic E-state index is 12.1. The van der Waals surface area contributed by atoms with Crippen LogP contribution in [-0.2, 0) is 20.0 Å². The number of nitrogens with two attached hydrogens (primary N) is 2. The van der Waals surface area contributed by atoms with Gasteiger partial charge in [0.25, 0.3) is 0 Å². The molecular weight excluding hydrogens is 358 g/mol. The first-order chi connectivity index (χ1) is 11.2. The molecule has 2 aromatic rings. The summed E-state index contributed by atoms with van der Waals surface area (Å²) in [5.74, 6) is -0.111. The molecule has 6 N–H and O–H groups in total. The van der Waals surface area contributed by atoms with Gasteiger partial charge in [0.05, 0.1) is 0 Å². The Morgan fingerprint density at radius 2 is 1.88 bits per heavy atom. The lowest BCUT2D eigenvalue weighted by molar-refractivity contribution is 0.584. The predicted molar refractivity (Wildman–Crippen MR) is 82.6 cm³/mol. The van der Waals surface area contributed by atoms with Crippen molar-refractivity contribution in [3.05, 3.63) is 17.7 Å². The van der Waals surface area contributed by atoms with E-state index in [1.165, 1.54) is 6.07 Å². The Balaban J connectivity index is 2.43. The molecule has 130 valence electrons. The highest BCUT2D eigenvalue weighted by atomic mass is 32.2. The third-order valence-corrected chi connectivity index (χ3v) is 5.89. The fourth-order valence-electron chi connectivity index (χ4n) is 2.84. The zero-order valence-corrected chi connectivity index (χ0v) is 13.9. The molecule has 0 amide bonds. The van der Waals surface area contributed by atoms with Crippen LogP contribution in [0.15, 0.2) is 21.9 Å². The number of primary sulfonamides is 2. The van der Waals surface area contributed by atoms with Crippen LogP contribution in [0.1, 0.15) is 17.9 Å². The number of sulfonamides is 2. The van der Waals surface area contributed by atoms with Crippen LogP contribution in [0.4, 0.5) is 0 Å². The van der Waals surface area contributed by atoms with Crippen LogP contribution in [-0.4, -0.2) is 50.5 Å². The summed E-state index contributed by atoms with van der Waals surface area (Å²) in [4.78, 5) is -1.21. The highest BCUT2D eigenvalue weighted by Gasteiger charge is 2.32. The summed E-state index contributed by atoms with van der Waals surface area (Å²) < 4.78 is 48.0. The minimum atomic E-state index is -4.43. The molecule has 1 aliphatic heterocycles. The second kappa shape index (κ2) is 5.86. The molecule has 0 saturated carbocycles. The Hall–Kier alpha value is -1.93. The van der Waals surface area contributed by atoms with Gasteiger partial charge in [-0.25, -0.2) is 27.1 Å². The highest BCUT2D eigenvalue weighted by molar-refractivity contribution is 7.92. The molecule has 0 aliphatic carbocycles. The van der Waals surface area contributed by atoms with E-state index in [1.54, 1.807) is 0 Å². The van der Waals surface area contributed by atoms with Gasteiger partial charge in [-0.15, -0.1) is 10.2 Å². The average molecular weight is 373 g/mol. The summed E-state index contributed by atoms with van der Waals surface area (Å²) in [6, 6.07) is 2.66. The Bertz CT molecular complexity index is 964. The maximum Gasteiger partial charge on any atom is 0.240 e. The first-order valence-electron chi connectivity index (χ1n) is 6.86. The van der Waals surface area contributed by atoms with E-state index in [0.29, 0.717) is 12.1 Å². The van der Waals surface area contributed by atoms with Crippen molar-refractivity contribution in [2.45, 2.75) is 22.1 Å². The monoisotopic (exact) mass is 373 g/mol. The Labute approximate surface area is 137 Å². The summed E-state index contributed by atoms with van der Waals surface area (Å²) in [6.07, 6.45) is 0.740. The van der Waals surface area contributed by atoms with E-state index >= 15 is 0 Å².